The van der Waals surface area contributed by atoms with E-state index in [1.54, 1.807) is 0 Å². The molecule has 2 nitrogen and oxygen atoms in total. The van der Waals surface area contributed by atoms with E-state index in [1.807, 2.05) is 0 Å². The van der Waals surface area contributed by atoms with Crippen LogP contribution in [0.1, 0.15) is 71.1 Å². The molecule has 0 heterocycles. The lowest BCUT2D eigenvalue weighted by Crippen LogP contribution is -1.93. The lowest BCUT2D eigenvalue weighted by Gasteiger charge is -2.00. The lowest BCUT2D eigenvalue weighted by atomic mass is 10.1. The Balaban J connectivity index is -0.000000445. The minimum absolute atomic E-state index is 0.343. The van der Waals surface area contributed by atoms with Crippen LogP contribution < -0.4 is 0 Å². The van der Waals surface area contributed by atoms with Crippen LogP contribution in [0.15, 0.2) is 25.3 Å². The molecule has 0 saturated carbocycles. The Bertz CT molecular complexity index is 182. The van der Waals surface area contributed by atoms with Crippen molar-refractivity contribution in [1.29, 1.82) is 0 Å². The number of rotatable bonds is 10. The number of hydrogen-bond donors (Lipinski definition) is 1. The molecule has 0 aliphatic heterocycles. The van der Waals surface area contributed by atoms with Gasteiger partial charge in [0.05, 0.1) is 0 Å². The second-order valence-electron chi connectivity index (χ2n) is 4.13. The first-order valence-corrected chi connectivity index (χ1v) is 7.55. The smallest absolute Gasteiger partial charge is 0.303 e. The van der Waals surface area contributed by atoms with Gasteiger partial charge in [-0.25, -0.2) is 0 Å². The SMILES string of the molecule is C=C.C=CCl.CCCCCCCCCCCC(=O)O. The Morgan fingerprint density at radius 1 is 1.00 bits per heavy atom. The monoisotopic (exact) mass is 290 g/mol. The number of aliphatic carboxylic acids is 1. The number of carboxylic acid groups (broad SMARTS) is 1. The molecule has 0 aliphatic rings. The van der Waals surface area contributed by atoms with Gasteiger partial charge in [-0.2, -0.15) is 0 Å². The third-order valence-electron chi connectivity index (χ3n) is 2.49. The van der Waals surface area contributed by atoms with Gasteiger partial charge in [-0.15, -0.1) is 13.2 Å². The highest BCUT2D eigenvalue weighted by atomic mass is 35.5. The molecular formula is C16H31ClO2. The number of carbonyl (C=O) groups is 1. The molecule has 0 unspecified atom stereocenters. The maximum Gasteiger partial charge on any atom is 0.303 e. The molecule has 0 spiro atoms. The minimum Gasteiger partial charge on any atom is -0.481 e. The molecule has 0 amide bonds. The van der Waals surface area contributed by atoms with Crippen molar-refractivity contribution in [2.24, 2.45) is 0 Å². The Morgan fingerprint density at radius 3 is 1.63 bits per heavy atom. The van der Waals surface area contributed by atoms with Crippen LogP contribution in [0.2, 0.25) is 0 Å². The maximum atomic E-state index is 10.2. The van der Waals surface area contributed by atoms with Gasteiger partial charge in [0, 0.05) is 6.42 Å². The summed E-state index contributed by atoms with van der Waals surface area (Å²) < 4.78 is 0. The highest BCUT2D eigenvalue weighted by molar-refractivity contribution is 6.25. The molecule has 1 N–H and O–H groups in total. The van der Waals surface area contributed by atoms with E-state index in [2.05, 4.69) is 26.7 Å². The molecule has 19 heavy (non-hydrogen) atoms. The summed E-state index contributed by atoms with van der Waals surface area (Å²) in [5.41, 5.74) is 1.22. The standard InChI is InChI=1S/C12H24O2.C2H3Cl.C2H4/c1-2-3-4-5-6-7-8-9-10-11-12(13)14;1-2-3;1-2/h2-11H2,1H3,(H,13,14);2H,1H2;1-2H2. The second kappa shape index (κ2) is 25.9. The highest BCUT2D eigenvalue weighted by Gasteiger charge is 1.96. The molecular weight excluding hydrogens is 260 g/mol. The van der Waals surface area contributed by atoms with Gasteiger partial charge in [-0.1, -0.05) is 76.5 Å². The quantitative estimate of drug-likeness (QED) is 0.386. The van der Waals surface area contributed by atoms with E-state index >= 15 is 0 Å². The van der Waals surface area contributed by atoms with Crippen molar-refractivity contribution in [3.8, 4) is 0 Å². The summed E-state index contributed by atoms with van der Waals surface area (Å²) in [6.07, 6.45) is 11.5. The van der Waals surface area contributed by atoms with Gasteiger partial charge < -0.3 is 5.11 Å². The van der Waals surface area contributed by atoms with Crippen molar-refractivity contribution in [2.75, 3.05) is 0 Å². The van der Waals surface area contributed by atoms with Gasteiger partial charge in [-0.05, 0) is 12.0 Å². The minimum atomic E-state index is -0.659. The molecule has 0 aromatic carbocycles. The van der Waals surface area contributed by atoms with Gasteiger partial charge in [0.1, 0.15) is 0 Å². The van der Waals surface area contributed by atoms with Crippen LogP contribution in [0.4, 0.5) is 0 Å². The van der Waals surface area contributed by atoms with Crippen LogP contribution in [-0.2, 0) is 4.79 Å². The van der Waals surface area contributed by atoms with Gasteiger partial charge in [0.15, 0.2) is 0 Å². The fraction of sp³-hybridized carbons (Fsp3) is 0.688. The zero-order valence-electron chi connectivity index (χ0n) is 12.5. The Morgan fingerprint density at radius 2 is 1.32 bits per heavy atom. The summed E-state index contributed by atoms with van der Waals surface area (Å²) in [6, 6.07) is 0. The summed E-state index contributed by atoms with van der Waals surface area (Å²) >= 11 is 4.76. The zero-order chi connectivity index (χ0) is 15.4. The number of halogens is 1. The van der Waals surface area contributed by atoms with E-state index in [1.165, 1.54) is 50.5 Å². The molecule has 0 fully saturated rings. The van der Waals surface area contributed by atoms with Crippen molar-refractivity contribution < 1.29 is 9.90 Å². The largest absolute Gasteiger partial charge is 0.481 e. The summed E-state index contributed by atoms with van der Waals surface area (Å²) in [7, 11) is 0. The fourth-order valence-electron chi connectivity index (χ4n) is 1.59. The molecule has 0 bridgehead atoms. The van der Waals surface area contributed by atoms with Gasteiger partial charge in [-0.3, -0.25) is 4.79 Å². The molecule has 0 saturated heterocycles. The predicted octanol–water partition coefficient (Wildman–Crippen LogP) is 6.16. The van der Waals surface area contributed by atoms with Crippen LogP contribution in [0.25, 0.3) is 0 Å². The van der Waals surface area contributed by atoms with Crippen molar-refractivity contribution in [1.82, 2.24) is 0 Å². The van der Waals surface area contributed by atoms with Crippen molar-refractivity contribution in [3.63, 3.8) is 0 Å². The number of hydrogen-bond acceptors (Lipinski definition) is 1. The van der Waals surface area contributed by atoms with E-state index in [0.717, 1.165) is 12.8 Å². The van der Waals surface area contributed by atoms with E-state index < -0.39 is 5.97 Å². The molecule has 0 aliphatic carbocycles. The first-order valence-electron chi connectivity index (χ1n) is 7.11. The van der Waals surface area contributed by atoms with Gasteiger partial charge >= 0.3 is 5.97 Å². The molecule has 0 aromatic heterocycles. The van der Waals surface area contributed by atoms with Crippen LogP contribution in [-0.4, -0.2) is 11.1 Å². The van der Waals surface area contributed by atoms with Gasteiger partial charge in [0.25, 0.3) is 0 Å². The maximum absolute atomic E-state index is 10.2. The zero-order valence-corrected chi connectivity index (χ0v) is 13.3. The average molecular weight is 291 g/mol. The van der Waals surface area contributed by atoms with E-state index in [9.17, 15) is 4.79 Å². The van der Waals surface area contributed by atoms with E-state index in [-0.39, 0.29) is 0 Å². The van der Waals surface area contributed by atoms with Crippen LogP contribution >= 0.6 is 11.6 Å². The lowest BCUT2D eigenvalue weighted by molar-refractivity contribution is -0.137. The van der Waals surface area contributed by atoms with Crippen molar-refractivity contribution in [2.45, 2.75) is 71.1 Å². The highest BCUT2D eigenvalue weighted by Crippen LogP contribution is 2.10. The second-order valence-corrected chi connectivity index (χ2v) is 4.44. The predicted molar refractivity (Wildman–Crippen MR) is 86.8 cm³/mol. The topological polar surface area (TPSA) is 37.3 Å². The van der Waals surface area contributed by atoms with Crippen LogP contribution in [0.5, 0.6) is 0 Å². The number of unbranched alkanes of at least 4 members (excludes halogenated alkanes) is 8. The summed E-state index contributed by atoms with van der Waals surface area (Å²) in [4.78, 5) is 10.2. The average Bonchev–Trinajstić information content (AvgIpc) is 2.40. The molecule has 3 heteroatoms. The third-order valence-corrected chi connectivity index (χ3v) is 2.49. The molecule has 0 atom stereocenters. The van der Waals surface area contributed by atoms with Crippen LogP contribution in [0, 0.1) is 0 Å². The molecule has 0 radical (unpaired) electrons. The summed E-state index contributed by atoms with van der Waals surface area (Å²) in [5.74, 6) is -0.659. The third kappa shape index (κ3) is 38.2. The molecule has 0 aromatic rings. The van der Waals surface area contributed by atoms with E-state index in [0.29, 0.717) is 6.42 Å². The first kappa shape index (κ1) is 23.3. The van der Waals surface area contributed by atoms with Crippen molar-refractivity contribution in [3.05, 3.63) is 25.3 Å². The van der Waals surface area contributed by atoms with Crippen molar-refractivity contribution >= 4 is 17.6 Å². The summed E-state index contributed by atoms with van der Waals surface area (Å²) in [5, 5.41) is 8.41. The Hall–Kier alpha value is -0.760. The summed E-state index contributed by atoms with van der Waals surface area (Å²) in [6.45, 7) is 11.4. The molecule has 114 valence electrons. The van der Waals surface area contributed by atoms with E-state index in [4.69, 9.17) is 16.7 Å². The number of carboxylic acids is 1. The fourth-order valence-corrected chi connectivity index (χ4v) is 1.59. The van der Waals surface area contributed by atoms with Gasteiger partial charge in [0.2, 0.25) is 0 Å². The Kier molecular flexibility index (Phi) is 31.9. The Labute approximate surface area is 124 Å². The normalized spacial score (nSPS) is 8.53. The first-order chi connectivity index (χ1) is 9.18. The van der Waals surface area contributed by atoms with Crippen LogP contribution in [0.3, 0.4) is 0 Å². The molecule has 0 rings (SSSR count).